The normalized spacial score (nSPS) is 17.3. The Morgan fingerprint density at radius 2 is 2.11 bits per heavy atom. The first-order chi connectivity index (χ1) is 13.3. The van der Waals surface area contributed by atoms with Crippen LogP contribution >= 0.6 is 0 Å². The Labute approximate surface area is 161 Å². The van der Waals surface area contributed by atoms with Crippen molar-refractivity contribution in [1.29, 1.82) is 5.26 Å². The van der Waals surface area contributed by atoms with Crippen molar-refractivity contribution in [2.24, 2.45) is 0 Å². The number of aromatic nitrogens is 1. The molecule has 3 rings (SSSR count). The summed E-state index contributed by atoms with van der Waals surface area (Å²) in [7, 11) is 0. The second-order valence-corrected chi connectivity index (χ2v) is 6.69. The van der Waals surface area contributed by atoms with Crippen LogP contribution in [0.4, 0.5) is 28.9 Å². The first-order valence-corrected chi connectivity index (χ1v) is 9.07. The number of anilines is 2. The van der Waals surface area contributed by atoms with Crippen molar-refractivity contribution >= 4 is 11.4 Å². The van der Waals surface area contributed by atoms with Gasteiger partial charge in [-0.1, -0.05) is 0 Å². The fourth-order valence-corrected chi connectivity index (χ4v) is 3.75. The number of piperidine rings is 1. The summed E-state index contributed by atoms with van der Waals surface area (Å²) in [4.78, 5) is 7.56. The number of hydrogen-bond donors (Lipinski definition) is 0. The van der Waals surface area contributed by atoms with Gasteiger partial charge in [-0.3, -0.25) is 4.98 Å². The molecular weight excluding hydrogens is 372 g/mol. The Kier molecular flexibility index (Phi) is 5.73. The lowest BCUT2D eigenvalue weighted by Gasteiger charge is -2.41. The highest BCUT2D eigenvalue weighted by atomic mass is 19.4. The summed E-state index contributed by atoms with van der Waals surface area (Å²) in [6.45, 7) is 3.55. The molecule has 1 saturated heterocycles. The molecule has 1 aromatic carbocycles. The maximum atomic E-state index is 14.1. The number of alkyl halides is 3. The molecule has 2 aromatic rings. The molecule has 0 spiro atoms. The second-order valence-electron chi connectivity index (χ2n) is 6.69. The van der Waals surface area contributed by atoms with Crippen molar-refractivity contribution < 1.29 is 17.6 Å². The molecule has 4 nitrogen and oxygen atoms in total. The van der Waals surface area contributed by atoms with Gasteiger partial charge in [0.15, 0.2) is 5.82 Å². The van der Waals surface area contributed by atoms with Crippen LogP contribution in [0.15, 0.2) is 36.7 Å². The number of nitrogens with zero attached hydrogens (tertiary/aromatic N) is 4. The minimum atomic E-state index is -4.60. The number of nitriles is 1. The van der Waals surface area contributed by atoms with E-state index < -0.39 is 23.1 Å². The lowest BCUT2D eigenvalue weighted by molar-refractivity contribution is -0.137. The highest BCUT2D eigenvalue weighted by Crippen LogP contribution is 2.35. The monoisotopic (exact) mass is 392 g/mol. The van der Waals surface area contributed by atoms with Gasteiger partial charge < -0.3 is 9.80 Å². The molecule has 0 amide bonds. The van der Waals surface area contributed by atoms with Crippen LogP contribution in [0.1, 0.15) is 30.9 Å². The summed E-state index contributed by atoms with van der Waals surface area (Å²) in [6, 6.07) is 6.94. The van der Waals surface area contributed by atoms with Crippen LogP contribution in [-0.4, -0.2) is 30.7 Å². The molecule has 2 heterocycles. The zero-order valence-electron chi connectivity index (χ0n) is 15.4. The lowest BCUT2D eigenvalue weighted by Crippen LogP contribution is -2.48. The minimum absolute atomic E-state index is 0.0691. The van der Waals surface area contributed by atoms with Gasteiger partial charge in [-0.2, -0.15) is 18.4 Å². The highest BCUT2D eigenvalue weighted by molar-refractivity contribution is 5.56. The van der Waals surface area contributed by atoms with E-state index in [1.54, 1.807) is 18.2 Å². The van der Waals surface area contributed by atoms with Crippen molar-refractivity contribution in [2.75, 3.05) is 29.4 Å². The predicted molar refractivity (Wildman–Crippen MR) is 98.6 cm³/mol. The molecule has 0 radical (unpaired) electrons. The number of halogens is 4. The quantitative estimate of drug-likeness (QED) is 0.713. The first kappa shape index (κ1) is 19.9. The smallest absolute Gasteiger partial charge is 0.367 e. The molecule has 0 bridgehead atoms. The van der Waals surface area contributed by atoms with Crippen LogP contribution in [0.25, 0.3) is 0 Å². The molecular formula is C20H20F4N4. The van der Waals surface area contributed by atoms with E-state index in [4.69, 9.17) is 5.26 Å². The molecule has 0 unspecified atom stereocenters. The van der Waals surface area contributed by atoms with Crippen molar-refractivity contribution in [3.05, 3.63) is 53.6 Å². The molecule has 0 N–H and O–H groups in total. The number of hydrogen-bond acceptors (Lipinski definition) is 4. The topological polar surface area (TPSA) is 43.2 Å². The molecule has 148 valence electrons. The van der Waals surface area contributed by atoms with Gasteiger partial charge in [-0.25, -0.2) is 4.39 Å². The molecule has 8 heteroatoms. The van der Waals surface area contributed by atoms with Crippen molar-refractivity contribution in [3.63, 3.8) is 0 Å². The Bertz CT molecular complexity index is 875. The van der Waals surface area contributed by atoms with E-state index in [-0.39, 0.29) is 6.04 Å². The summed E-state index contributed by atoms with van der Waals surface area (Å²) in [6.07, 6.45) is -0.328. The van der Waals surface area contributed by atoms with Crippen LogP contribution in [0.2, 0.25) is 0 Å². The fraction of sp³-hybridized carbons (Fsp3) is 0.400. The van der Waals surface area contributed by atoms with Crippen LogP contribution < -0.4 is 9.80 Å². The van der Waals surface area contributed by atoms with Gasteiger partial charge in [0.2, 0.25) is 0 Å². The van der Waals surface area contributed by atoms with E-state index in [0.29, 0.717) is 31.0 Å². The molecule has 1 aliphatic heterocycles. The maximum Gasteiger partial charge on any atom is 0.417 e. The van der Waals surface area contributed by atoms with E-state index in [2.05, 4.69) is 4.98 Å². The summed E-state index contributed by atoms with van der Waals surface area (Å²) in [5.74, 6) is -0.413. The van der Waals surface area contributed by atoms with Gasteiger partial charge >= 0.3 is 6.18 Å². The summed E-state index contributed by atoms with van der Waals surface area (Å²) in [5, 5.41) is 8.99. The van der Waals surface area contributed by atoms with E-state index in [0.717, 1.165) is 25.1 Å². The van der Waals surface area contributed by atoms with E-state index in [9.17, 15) is 17.6 Å². The number of likely N-dealkylation sites (N-methyl/N-ethyl adjacent to an activating group) is 1. The molecule has 28 heavy (non-hydrogen) atoms. The van der Waals surface area contributed by atoms with Crippen LogP contribution in [0.5, 0.6) is 0 Å². The second kappa shape index (κ2) is 8.05. The molecule has 0 saturated carbocycles. The molecule has 1 atom stereocenters. The Morgan fingerprint density at radius 1 is 1.32 bits per heavy atom. The van der Waals surface area contributed by atoms with Gasteiger partial charge in [0.1, 0.15) is 0 Å². The Morgan fingerprint density at radius 3 is 2.75 bits per heavy atom. The highest BCUT2D eigenvalue weighted by Gasteiger charge is 2.35. The average molecular weight is 392 g/mol. The third-order valence-corrected chi connectivity index (χ3v) is 5.03. The standard InChI is InChI=1S/C20H20F4N4/c1-2-28(15-6-5-14(11-25)17(10-15)20(22,23)24)16-4-3-9-27(13-16)19-7-8-26-12-18(19)21/h5-8,10,12,16H,2-4,9,13H2,1H3/t16-/m1/s1. The van der Waals surface area contributed by atoms with Crippen molar-refractivity contribution in [1.82, 2.24) is 4.98 Å². The lowest BCUT2D eigenvalue weighted by atomic mass is 10.0. The summed E-state index contributed by atoms with van der Waals surface area (Å²) in [5.41, 5.74) is -0.460. The Hall–Kier alpha value is -2.82. The van der Waals surface area contributed by atoms with E-state index in [1.807, 2.05) is 16.7 Å². The van der Waals surface area contributed by atoms with Gasteiger partial charge in [0.25, 0.3) is 0 Å². The van der Waals surface area contributed by atoms with Gasteiger partial charge in [0.05, 0.1) is 29.1 Å². The van der Waals surface area contributed by atoms with Crippen molar-refractivity contribution in [3.8, 4) is 6.07 Å². The summed E-state index contributed by atoms with van der Waals surface area (Å²) < 4.78 is 54.1. The number of pyridine rings is 1. The van der Waals surface area contributed by atoms with E-state index in [1.165, 1.54) is 12.3 Å². The fourth-order valence-electron chi connectivity index (χ4n) is 3.75. The molecule has 1 aliphatic rings. The largest absolute Gasteiger partial charge is 0.417 e. The zero-order valence-corrected chi connectivity index (χ0v) is 15.4. The van der Waals surface area contributed by atoms with E-state index >= 15 is 0 Å². The third-order valence-electron chi connectivity index (χ3n) is 5.03. The van der Waals surface area contributed by atoms with Crippen LogP contribution in [0.3, 0.4) is 0 Å². The number of rotatable bonds is 4. The van der Waals surface area contributed by atoms with Crippen LogP contribution in [-0.2, 0) is 6.18 Å². The average Bonchev–Trinajstić information content (AvgIpc) is 2.68. The van der Waals surface area contributed by atoms with Crippen molar-refractivity contribution in [2.45, 2.75) is 32.0 Å². The Balaban J connectivity index is 1.89. The van der Waals surface area contributed by atoms with Crippen LogP contribution in [0, 0.1) is 17.1 Å². The minimum Gasteiger partial charge on any atom is -0.367 e. The number of benzene rings is 1. The molecule has 1 aromatic heterocycles. The predicted octanol–water partition coefficient (Wildman–Crippen LogP) is 4.61. The summed E-state index contributed by atoms with van der Waals surface area (Å²) >= 11 is 0. The van der Waals surface area contributed by atoms with Gasteiger partial charge in [0, 0.05) is 37.6 Å². The third kappa shape index (κ3) is 4.03. The van der Waals surface area contributed by atoms with Gasteiger partial charge in [-0.15, -0.1) is 0 Å². The SMILES string of the molecule is CCN(c1ccc(C#N)c(C(F)(F)F)c1)[C@@H]1CCCN(c2ccncc2F)C1. The molecule has 1 fully saturated rings. The zero-order chi connectivity index (χ0) is 20.3. The molecule has 0 aliphatic carbocycles. The maximum absolute atomic E-state index is 14.1. The van der Waals surface area contributed by atoms with Gasteiger partial charge in [-0.05, 0) is 44.0 Å². The first-order valence-electron chi connectivity index (χ1n) is 9.07.